The Morgan fingerprint density at radius 1 is 1.00 bits per heavy atom. The minimum absolute atomic E-state index is 0.140. The highest BCUT2D eigenvalue weighted by molar-refractivity contribution is 7.20. The molecule has 4 nitrogen and oxygen atoms in total. The van der Waals surface area contributed by atoms with E-state index in [1.54, 1.807) is 0 Å². The number of nitrogens with zero attached hydrogens (tertiary/aromatic N) is 1. The molecule has 1 N–H and O–H groups in total. The van der Waals surface area contributed by atoms with E-state index in [9.17, 15) is 4.79 Å². The number of thiophene rings is 1. The summed E-state index contributed by atoms with van der Waals surface area (Å²) in [7, 11) is 0. The average molecular weight is 403 g/mol. The van der Waals surface area contributed by atoms with Crippen LogP contribution in [-0.2, 0) is 6.61 Å². The van der Waals surface area contributed by atoms with E-state index in [0.29, 0.717) is 17.3 Å². The molecule has 2 aromatic carbocycles. The highest BCUT2D eigenvalue weighted by Crippen LogP contribution is 2.31. The Hall–Kier alpha value is -3.18. The summed E-state index contributed by atoms with van der Waals surface area (Å²) in [4.78, 5) is 18.1. The first-order valence-corrected chi connectivity index (χ1v) is 10.3. The number of carbonyl (C=O) groups is 1. The van der Waals surface area contributed by atoms with Gasteiger partial charge >= 0.3 is 0 Å². The molecule has 1 amide bonds. The van der Waals surface area contributed by atoms with E-state index in [1.165, 1.54) is 11.3 Å². The molecule has 4 aromatic rings. The van der Waals surface area contributed by atoms with Crippen molar-refractivity contribution in [2.24, 2.45) is 0 Å². The third-order valence-corrected chi connectivity index (χ3v) is 6.09. The van der Waals surface area contributed by atoms with E-state index >= 15 is 0 Å². The number of nitrogens with one attached hydrogen (secondary N) is 1. The Labute approximate surface area is 174 Å². The molecule has 0 saturated carbocycles. The number of carbonyl (C=O) groups excluding carboxylic acids is 1. The average Bonchev–Trinajstić information content (AvgIpc) is 3.17. The van der Waals surface area contributed by atoms with Gasteiger partial charge < -0.3 is 10.1 Å². The number of rotatable bonds is 5. The van der Waals surface area contributed by atoms with Crippen molar-refractivity contribution in [2.45, 2.75) is 27.4 Å². The number of aryl methyl sites for hydroxylation is 1. The first-order chi connectivity index (χ1) is 14.0. The maximum Gasteiger partial charge on any atom is 0.266 e. The first-order valence-electron chi connectivity index (χ1n) is 9.47. The van der Waals surface area contributed by atoms with Crippen LogP contribution in [0.3, 0.4) is 0 Å². The molecular formula is C24H22N2O2S. The fraction of sp³-hybridized carbons (Fsp3) is 0.167. The zero-order valence-corrected chi connectivity index (χ0v) is 17.5. The number of benzene rings is 2. The van der Waals surface area contributed by atoms with Crippen LogP contribution in [0.15, 0.2) is 60.7 Å². The van der Waals surface area contributed by atoms with Crippen LogP contribution in [0.4, 0.5) is 5.82 Å². The standard InChI is InChI=1S/C24H22N2O2S/c1-15-16(2)23(25-17(3)22(15)28-14-18-9-5-4-6-10-18)26-24(27)21-13-19-11-7-8-12-20(19)29-21/h4-13H,14H2,1-3H3,(H,25,26,27). The van der Waals surface area contributed by atoms with E-state index in [-0.39, 0.29) is 5.91 Å². The summed E-state index contributed by atoms with van der Waals surface area (Å²) in [5.41, 5.74) is 3.76. The van der Waals surface area contributed by atoms with Crippen molar-refractivity contribution in [3.63, 3.8) is 0 Å². The normalized spacial score (nSPS) is 10.9. The maximum atomic E-state index is 12.8. The molecule has 5 heteroatoms. The number of aromatic nitrogens is 1. The molecule has 4 rings (SSSR count). The largest absolute Gasteiger partial charge is 0.487 e. The van der Waals surface area contributed by atoms with E-state index in [0.717, 1.165) is 38.2 Å². The Morgan fingerprint density at radius 2 is 1.72 bits per heavy atom. The molecule has 0 aliphatic carbocycles. The van der Waals surface area contributed by atoms with Crippen LogP contribution >= 0.6 is 11.3 Å². The van der Waals surface area contributed by atoms with Crippen LogP contribution in [0.2, 0.25) is 0 Å². The summed E-state index contributed by atoms with van der Waals surface area (Å²) < 4.78 is 7.14. The second kappa shape index (κ2) is 8.05. The quantitative estimate of drug-likeness (QED) is 0.442. The number of anilines is 1. The van der Waals surface area contributed by atoms with Crippen LogP contribution in [-0.4, -0.2) is 10.9 Å². The molecule has 0 saturated heterocycles. The van der Waals surface area contributed by atoms with Crippen molar-refractivity contribution < 1.29 is 9.53 Å². The molecule has 146 valence electrons. The van der Waals surface area contributed by atoms with Crippen molar-refractivity contribution in [1.29, 1.82) is 0 Å². The predicted molar refractivity (Wildman–Crippen MR) is 119 cm³/mol. The summed E-state index contributed by atoms with van der Waals surface area (Å²) in [5.74, 6) is 1.21. The molecule has 0 spiro atoms. The van der Waals surface area contributed by atoms with Crippen molar-refractivity contribution in [2.75, 3.05) is 5.32 Å². The summed E-state index contributed by atoms with van der Waals surface area (Å²) >= 11 is 1.48. The second-order valence-electron chi connectivity index (χ2n) is 7.00. The molecular weight excluding hydrogens is 380 g/mol. The molecule has 0 atom stereocenters. The Bertz CT molecular complexity index is 1150. The van der Waals surface area contributed by atoms with Gasteiger partial charge in [-0.1, -0.05) is 48.5 Å². The lowest BCUT2D eigenvalue weighted by molar-refractivity contribution is 0.103. The summed E-state index contributed by atoms with van der Waals surface area (Å²) in [6, 6.07) is 19.9. The van der Waals surface area contributed by atoms with Gasteiger partial charge in [0, 0.05) is 4.70 Å². The monoisotopic (exact) mass is 402 g/mol. The van der Waals surface area contributed by atoms with Crippen molar-refractivity contribution in [3.8, 4) is 5.75 Å². The molecule has 0 bridgehead atoms. The zero-order valence-electron chi connectivity index (χ0n) is 16.7. The van der Waals surface area contributed by atoms with E-state index in [1.807, 2.05) is 81.4 Å². The summed E-state index contributed by atoms with van der Waals surface area (Å²) in [6.45, 7) is 6.34. The van der Waals surface area contributed by atoms with Gasteiger partial charge in [-0.15, -0.1) is 11.3 Å². The van der Waals surface area contributed by atoms with Gasteiger partial charge in [0.05, 0.1) is 10.6 Å². The van der Waals surface area contributed by atoms with Gasteiger partial charge in [0.25, 0.3) is 5.91 Å². The van der Waals surface area contributed by atoms with E-state index < -0.39 is 0 Å². The van der Waals surface area contributed by atoms with Crippen LogP contribution in [0.25, 0.3) is 10.1 Å². The number of pyridine rings is 1. The Kier molecular flexibility index (Phi) is 5.32. The molecule has 0 radical (unpaired) electrons. The van der Waals surface area contributed by atoms with Crippen LogP contribution in [0, 0.1) is 20.8 Å². The SMILES string of the molecule is Cc1nc(NC(=O)c2cc3ccccc3s2)c(C)c(C)c1OCc1ccccc1. The fourth-order valence-electron chi connectivity index (χ4n) is 3.25. The Balaban J connectivity index is 1.55. The second-order valence-corrected chi connectivity index (χ2v) is 8.09. The molecule has 2 heterocycles. The van der Waals surface area contributed by atoms with E-state index in [4.69, 9.17) is 4.74 Å². The third kappa shape index (κ3) is 4.00. The van der Waals surface area contributed by atoms with Gasteiger partial charge in [0.2, 0.25) is 0 Å². The van der Waals surface area contributed by atoms with Gasteiger partial charge in [-0.2, -0.15) is 0 Å². The molecule has 29 heavy (non-hydrogen) atoms. The van der Waals surface area contributed by atoms with Gasteiger partial charge in [0.15, 0.2) is 0 Å². The lowest BCUT2D eigenvalue weighted by Crippen LogP contribution is -2.14. The molecule has 0 fully saturated rings. The maximum absolute atomic E-state index is 12.8. The fourth-order valence-corrected chi connectivity index (χ4v) is 4.21. The minimum Gasteiger partial charge on any atom is -0.487 e. The van der Waals surface area contributed by atoms with Crippen molar-refractivity contribution >= 4 is 33.1 Å². The van der Waals surface area contributed by atoms with Crippen LogP contribution < -0.4 is 10.1 Å². The summed E-state index contributed by atoms with van der Waals surface area (Å²) in [5, 5.41) is 4.05. The molecule has 0 aliphatic rings. The topological polar surface area (TPSA) is 51.2 Å². The van der Waals surface area contributed by atoms with Crippen LogP contribution in [0.5, 0.6) is 5.75 Å². The first kappa shape index (κ1) is 19.2. The number of ether oxygens (including phenoxy) is 1. The van der Waals surface area contributed by atoms with Crippen LogP contribution in [0.1, 0.15) is 32.1 Å². The number of hydrogen-bond acceptors (Lipinski definition) is 4. The van der Waals surface area contributed by atoms with Gasteiger partial charge in [-0.25, -0.2) is 4.98 Å². The number of hydrogen-bond donors (Lipinski definition) is 1. The van der Waals surface area contributed by atoms with Crippen molar-refractivity contribution in [3.05, 3.63) is 87.9 Å². The number of amides is 1. The molecule has 0 unspecified atom stereocenters. The predicted octanol–water partition coefficient (Wildman–Crippen LogP) is 6.05. The number of fused-ring (bicyclic) bond motifs is 1. The highest BCUT2D eigenvalue weighted by Gasteiger charge is 2.17. The molecule has 2 aromatic heterocycles. The molecule has 0 aliphatic heterocycles. The Morgan fingerprint density at radius 3 is 2.48 bits per heavy atom. The van der Waals surface area contributed by atoms with Crippen molar-refractivity contribution in [1.82, 2.24) is 4.98 Å². The van der Waals surface area contributed by atoms with Gasteiger partial charge in [0.1, 0.15) is 18.2 Å². The smallest absolute Gasteiger partial charge is 0.266 e. The van der Waals surface area contributed by atoms with Gasteiger partial charge in [-0.3, -0.25) is 4.79 Å². The van der Waals surface area contributed by atoms with E-state index in [2.05, 4.69) is 10.3 Å². The lowest BCUT2D eigenvalue weighted by Gasteiger charge is -2.17. The highest BCUT2D eigenvalue weighted by atomic mass is 32.1. The minimum atomic E-state index is -0.140. The zero-order chi connectivity index (χ0) is 20.4. The van der Waals surface area contributed by atoms with Gasteiger partial charge in [-0.05, 0) is 55.0 Å². The summed E-state index contributed by atoms with van der Waals surface area (Å²) in [6.07, 6.45) is 0. The lowest BCUT2D eigenvalue weighted by atomic mass is 10.1. The third-order valence-electron chi connectivity index (χ3n) is 4.97.